The minimum absolute atomic E-state index is 0.794. The molecule has 0 saturated carbocycles. The van der Waals surface area contributed by atoms with E-state index < -0.39 is 0 Å². The number of alkyl halides is 1. The van der Waals surface area contributed by atoms with Crippen molar-refractivity contribution in [1.29, 1.82) is 0 Å². The first-order valence-corrected chi connectivity index (χ1v) is 7.65. The van der Waals surface area contributed by atoms with Gasteiger partial charge >= 0.3 is 0 Å². The third-order valence-corrected chi connectivity index (χ3v) is 3.67. The molecule has 18 heavy (non-hydrogen) atoms. The fourth-order valence-electron chi connectivity index (χ4n) is 1.89. The van der Waals surface area contributed by atoms with Crippen LogP contribution in [0.3, 0.4) is 0 Å². The van der Waals surface area contributed by atoms with Crippen molar-refractivity contribution >= 4 is 15.9 Å². The number of hydrogen-bond donors (Lipinski definition) is 0. The van der Waals surface area contributed by atoms with Gasteiger partial charge < -0.3 is 9.64 Å². The van der Waals surface area contributed by atoms with Gasteiger partial charge in [-0.3, -0.25) is 0 Å². The van der Waals surface area contributed by atoms with E-state index in [9.17, 15) is 0 Å². The van der Waals surface area contributed by atoms with Gasteiger partial charge in [-0.25, -0.2) is 0 Å². The molecule has 3 heteroatoms. The highest BCUT2D eigenvalue weighted by Crippen LogP contribution is 2.14. The van der Waals surface area contributed by atoms with Gasteiger partial charge in [0.25, 0.3) is 0 Å². The molecule has 0 amide bonds. The van der Waals surface area contributed by atoms with E-state index in [1.807, 2.05) is 12.1 Å². The molecule has 0 saturated heterocycles. The summed E-state index contributed by atoms with van der Waals surface area (Å²) >= 11 is 3.50. The van der Waals surface area contributed by atoms with Crippen LogP contribution >= 0.6 is 15.9 Å². The number of ether oxygens (including phenoxy) is 1. The van der Waals surface area contributed by atoms with Gasteiger partial charge in [0, 0.05) is 11.9 Å². The molecule has 2 nitrogen and oxygen atoms in total. The predicted octanol–water partition coefficient (Wildman–Crippen LogP) is 3.94. The molecule has 0 aliphatic carbocycles. The van der Waals surface area contributed by atoms with Gasteiger partial charge in [0.05, 0.1) is 7.11 Å². The second kappa shape index (κ2) is 8.54. The molecule has 0 spiro atoms. The smallest absolute Gasteiger partial charge is 0.118 e. The summed E-state index contributed by atoms with van der Waals surface area (Å²) in [6, 6.07) is 8.32. The van der Waals surface area contributed by atoms with Gasteiger partial charge in [-0.05, 0) is 50.0 Å². The normalized spacial score (nSPS) is 12.7. The SMILES string of the molecule is COc1ccc(CN(C)CCC(C)CCBr)cc1. The highest BCUT2D eigenvalue weighted by Gasteiger charge is 2.05. The molecule has 0 aliphatic rings. The second-order valence-electron chi connectivity index (χ2n) is 4.96. The van der Waals surface area contributed by atoms with Crippen molar-refractivity contribution in [3.8, 4) is 5.75 Å². The van der Waals surface area contributed by atoms with Crippen LogP contribution in [0.1, 0.15) is 25.3 Å². The zero-order chi connectivity index (χ0) is 13.4. The Kier molecular flexibility index (Phi) is 7.36. The molecule has 1 unspecified atom stereocenters. The van der Waals surface area contributed by atoms with Crippen molar-refractivity contribution in [3.63, 3.8) is 0 Å². The fourth-order valence-corrected chi connectivity index (χ4v) is 2.67. The van der Waals surface area contributed by atoms with Crippen LogP contribution in [0.25, 0.3) is 0 Å². The summed E-state index contributed by atoms with van der Waals surface area (Å²) < 4.78 is 5.16. The average Bonchev–Trinajstić information content (AvgIpc) is 2.38. The number of rotatable bonds is 8. The van der Waals surface area contributed by atoms with E-state index in [4.69, 9.17) is 4.74 Å². The van der Waals surface area contributed by atoms with E-state index in [0.717, 1.165) is 30.1 Å². The molecule has 1 aromatic rings. The minimum atomic E-state index is 0.794. The Morgan fingerprint density at radius 1 is 1.22 bits per heavy atom. The van der Waals surface area contributed by atoms with E-state index >= 15 is 0 Å². The second-order valence-corrected chi connectivity index (χ2v) is 5.75. The number of nitrogens with zero attached hydrogens (tertiary/aromatic N) is 1. The average molecular weight is 314 g/mol. The van der Waals surface area contributed by atoms with Crippen LogP contribution < -0.4 is 4.74 Å². The lowest BCUT2D eigenvalue weighted by atomic mass is 10.1. The van der Waals surface area contributed by atoms with Crippen LogP contribution in [-0.4, -0.2) is 30.9 Å². The van der Waals surface area contributed by atoms with E-state index in [1.54, 1.807) is 7.11 Å². The minimum Gasteiger partial charge on any atom is -0.497 e. The van der Waals surface area contributed by atoms with Gasteiger partial charge in [-0.1, -0.05) is 35.0 Å². The van der Waals surface area contributed by atoms with E-state index in [2.05, 4.69) is 46.9 Å². The van der Waals surface area contributed by atoms with Crippen molar-refractivity contribution in [2.45, 2.75) is 26.3 Å². The summed E-state index contributed by atoms with van der Waals surface area (Å²) in [5.41, 5.74) is 1.34. The van der Waals surface area contributed by atoms with Crippen LogP contribution in [0.5, 0.6) is 5.75 Å². The zero-order valence-electron chi connectivity index (χ0n) is 11.7. The first kappa shape index (κ1) is 15.5. The van der Waals surface area contributed by atoms with Gasteiger partial charge in [0.1, 0.15) is 5.75 Å². The lowest BCUT2D eigenvalue weighted by Gasteiger charge is -2.19. The highest BCUT2D eigenvalue weighted by atomic mass is 79.9. The maximum atomic E-state index is 5.16. The Labute approximate surface area is 119 Å². The molecular weight excluding hydrogens is 290 g/mol. The van der Waals surface area contributed by atoms with Gasteiger partial charge in [0.15, 0.2) is 0 Å². The summed E-state index contributed by atoms with van der Waals surface area (Å²) in [6.45, 7) is 4.48. The predicted molar refractivity (Wildman–Crippen MR) is 81.5 cm³/mol. The van der Waals surface area contributed by atoms with Crippen LogP contribution in [0.15, 0.2) is 24.3 Å². The molecule has 0 bridgehead atoms. The number of hydrogen-bond acceptors (Lipinski definition) is 2. The zero-order valence-corrected chi connectivity index (χ0v) is 13.2. The molecule has 0 aromatic heterocycles. The number of methoxy groups -OCH3 is 1. The molecule has 1 aromatic carbocycles. The molecule has 0 aliphatic heterocycles. The Morgan fingerprint density at radius 2 is 1.89 bits per heavy atom. The van der Waals surface area contributed by atoms with E-state index in [-0.39, 0.29) is 0 Å². The van der Waals surface area contributed by atoms with Crippen LogP contribution in [-0.2, 0) is 6.54 Å². The maximum absolute atomic E-state index is 5.16. The highest BCUT2D eigenvalue weighted by molar-refractivity contribution is 9.09. The van der Waals surface area contributed by atoms with Crippen LogP contribution in [0.2, 0.25) is 0 Å². The van der Waals surface area contributed by atoms with E-state index in [1.165, 1.54) is 18.4 Å². The molecule has 0 fully saturated rings. The summed E-state index contributed by atoms with van der Waals surface area (Å²) in [4.78, 5) is 2.38. The Bertz CT molecular complexity index is 326. The molecule has 102 valence electrons. The van der Waals surface area contributed by atoms with Gasteiger partial charge in [-0.15, -0.1) is 0 Å². The largest absolute Gasteiger partial charge is 0.497 e. The molecule has 1 atom stereocenters. The maximum Gasteiger partial charge on any atom is 0.118 e. The van der Waals surface area contributed by atoms with Crippen molar-refractivity contribution < 1.29 is 4.74 Å². The summed E-state index contributed by atoms with van der Waals surface area (Å²) in [7, 11) is 3.89. The van der Waals surface area contributed by atoms with Crippen LogP contribution in [0, 0.1) is 5.92 Å². The Morgan fingerprint density at radius 3 is 2.44 bits per heavy atom. The third-order valence-electron chi connectivity index (χ3n) is 3.22. The van der Waals surface area contributed by atoms with Crippen LogP contribution in [0.4, 0.5) is 0 Å². The lowest BCUT2D eigenvalue weighted by molar-refractivity contribution is 0.297. The fraction of sp³-hybridized carbons (Fsp3) is 0.600. The summed E-state index contributed by atoms with van der Waals surface area (Å²) in [5.74, 6) is 1.72. The summed E-state index contributed by atoms with van der Waals surface area (Å²) in [6.07, 6.45) is 2.52. The quantitative estimate of drug-likeness (QED) is 0.674. The van der Waals surface area contributed by atoms with Crippen molar-refractivity contribution in [2.24, 2.45) is 5.92 Å². The number of benzene rings is 1. The molecular formula is C15H24BrNO. The third kappa shape index (κ3) is 5.87. The molecule has 0 N–H and O–H groups in total. The topological polar surface area (TPSA) is 12.5 Å². The molecule has 0 heterocycles. The lowest BCUT2D eigenvalue weighted by Crippen LogP contribution is -2.20. The summed E-state index contributed by atoms with van der Waals surface area (Å²) in [5, 5.41) is 1.11. The van der Waals surface area contributed by atoms with Crippen molar-refractivity contribution in [2.75, 3.05) is 26.0 Å². The standard InChI is InChI=1S/C15H24BrNO/c1-13(8-10-16)9-11-17(2)12-14-4-6-15(18-3)7-5-14/h4-7,13H,8-12H2,1-3H3. The first-order chi connectivity index (χ1) is 8.65. The number of halogens is 1. The van der Waals surface area contributed by atoms with E-state index in [0.29, 0.717) is 0 Å². The monoisotopic (exact) mass is 313 g/mol. The molecule has 0 radical (unpaired) electrons. The van der Waals surface area contributed by atoms with Crippen molar-refractivity contribution in [1.82, 2.24) is 4.90 Å². The van der Waals surface area contributed by atoms with Gasteiger partial charge in [-0.2, -0.15) is 0 Å². The Balaban J connectivity index is 2.32. The first-order valence-electron chi connectivity index (χ1n) is 6.53. The Hall–Kier alpha value is -0.540. The van der Waals surface area contributed by atoms with Gasteiger partial charge in [0.2, 0.25) is 0 Å². The molecule has 1 rings (SSSR count). The van der Waals surface area contributed by atoms with Crippen molar-refractivity contribution in [3.05, 3.63) is 29.8 Å².